The Labute approximate surface area is 106 Å². The molecule has 2 aliphatic rings. The van der Waals surface area contributed by atoms with E-state index in [-0.39, 0.29) is 17.3 Å². The fourth-order valence-corrected chi connectivity index (χ4v) is 2.98. The maximum absolute atomic E-state index is 12.5. The molecule has 0 radical (unpaired) electrons. The number of furan rings is 1. The molecule has 4 nitrogen and oxygen atoms in total. The third-order valence-electron chi connectivity index (χ3n) is 4.06. The summed E-state index contributed by atoms with van der Waals surface area (Å²) in [5, 5.41) is 0. The maximum Gasteiger partial charge on any atom is 0.169 e. The van der Waals surface area contributed by atoms with E-state index in [1.807, 2.05) is 6.92 Å². The molecule has 2 saturated heterocycles. The van der Waals surface area contributed by atoms with E-state index in [1.165, 1.54) is 0 Å². The van der Waals surface area contributed by atoms with Gasteiger partial charge in [-0.05, 0) is 25.8 Å². The Balaban J connectivity index is 1.76. The largest absolute Gasteiger partial charge is 0.469 e. The first-order chi connectivity index (χ1) is 8.70. The third-order valence-corrected chi connectivity index (χ3v) is 4.06. The molecule has 2 fully saturated rings. The van der Waals surface area contributed by atoms with Crippen molar-refractivity contribution in [2.75, 3.05) is 19.8 Å². The van der Waals surface area contributed by atoms with E-state index in [9.17, 15) is 4.79 Å². The summed E-state index contributed by atoms with van der Waals surface area (Å²) in [6, 6.07) is 1.77. The van der Waals surface area contributed by atoms with Gasteiger partial charge in [0.1, 0.15) is 5.76 Å². The molecule has 3 heterocycles. The third kappa shape index (κ3) is 1.99. The predicted octanol–water partition coefficient (Wildman–Crippen LogP) is 2.36. The predicted molar refractivity (Wildman–Crippen MR) is 64.6 cm³/mol. The van der Waals surface area contributed by atoms with Gasteiger partial charge in [0.2, 0.25) is 0 Å². The van der Waals surface area contributed by atoms with Crippen LogP contribution in [-0.4, -0.2) is 31.2 Å². The molecule has 0 aliphatic carbocycles. The van der Waals surface area contributed by atoms with Gasteiger partial charge in [0, 0.05) is 25.6 Å². The zero-order chi connectivity index (χ0) is 12.6. The van der Waals surface area contributed by atoms with Crippen LogP contribution in [0.5, 0.6) is 0 Å². The quantitative estimate of drug-likeness (QED) is 0.756. The van der Waals surface area contributed by atoms with Crippen LogP contribution in [0.15, 0.2) is 16.7 Å². The molecule has 0 amide bonds. The second-order valence-corrected chi connectivity index (χ2v) is 5.28. The number of Topliss-reactive ketones (excluding diaryl/α,β-unsaturated/α-hetero) is 1. The first-order valence-electron chi connectivity index (χ1n) is 6.50. The van der Waals surface area contributed by atoms with Crippen molar-refractivity contribution < 1.29 is 18.7 Å². The van der Waals surface area contributed by atoms with Crippen molar-refractivity contribution in [1.29, 1.82) is 0 Å². The molecule has 2 aliphatic heterocycles. The van der Waals surface area contributed by atoms with Crippen LogP contribution in [0.1, 0.15) is 35.4 Å². The molecule has 18 heavy (non-hydrogen) atoms. The number of hydrogen-bond acceptors (Lipinski definition) is 4. The van der Waals surface area contributed by atoms with Gasteiger partial charge in [0.15, 0.2) is 5.78 Å². The Morgan fingerprint density at radius 3 is 3.00 bits per heavy atom. The number of hydrogen-bond donors (Lipinski definition) is 0. The Morgan fingerprint density at radius 1 is 1.44 bits per heavy atom. The van der Waals surface area contributed by atoms with Crippen molar-refractivity contribution in [3.05, 3.63) is 23.7 Å². The average molecular weight is 250 g/mol. The summed E-state index contributed by atoms with van der Waals surface area (Å²) >= 11 is 0. The molecule has 0 bridgehead atoms. The van der Waals surface area contributed by atoms with Crippen molar-refractivity contribution in [3.8, 4) is 0 Å². The van der Waals surface area contributed by atoms with Gasteiger partial charge in [-0.1, -0.05) is 0 Å². The summed E-state index contributed by atoms with van der Waals surface area (Å²) in [5.74, 6) is 0.941. The Morgan fingerprint density at radius 2 is 2.33 bits per heavy atom. The lowest BCUT2D eigenvalue weighted by Crippen LogP contribution is -2.42. The van der Waals surface area contributed by atoms with Crippen LogP contribution in [0.25, 0.3) is 0 Å². The van der Waals surface area contributed by atoms with E-state index in [4.69, 9.17) is 13.9 Å². The van der Waals surface area contributed by atoms with E-state index < -0.39 is 0 Å². The molecule has 0 saturated carbocycles. The molecule has 98 valence electrons. The van der Waals surface area contributed by atoms with Crippen molar-refractivity contribution >= 4 is 5.78 Å². The summed E-state index contributed by atoms with van der Waals surface area (Å²) in [4.78, 5) is 12.5. The van der Waals surface area contributed by atoms with Gasteiger partial charge in [-0.3, -0.25) is 4.79 Å². The van der Waals surface area contributed by atoms with Crippen LogP contribution in [0.2, 0.25) is 0 Å². The summed E-state index contributed by atoms with van der Waals surface area (Å²) in [5.41, 5.74) is 0.506. The van der Waals surface area contributed by atoms with Crippen LogP contribution in [0, 0.1) is 12.8 Å². The summed E-state index contributed by atoms with van der Waals surface area (Å²) < 4.78 is 16.5. The van der Waals surface area contributed by atoms with Crippen LogP contribution in [-0.2, 0) is 9.47 Å². The molecule has 1 spiro atoms. The Kier molecular flexibility index (Phi) is 2.99. The summed E-state index contributed by atoms with van der Waals surface area (Å²) in [6.07, 6.45) is 4.05. The molecule has 2 unspecified atom stereocenters. The minimum absolute atomic E-state index is 0.0387. The van der Waals surface area contributed by atoms with Crippen molar-refractivity contribution in [3.63, 3.8) is 0 Å². The fraction of sp³-hybridized carbons (Fsp3) is 0.643. The number of ether oxygens (including phenoxy) is 2. The zero-order valence-corrected chi connectivity index (χ0v) is 10.6. The van der Waals surface area contributed by atoms with Crippen LogP contribution >= 0.6 is 0 Å². The fourth-order valence-electron chi connectivity index (χ4n) is 2.98. The lowest BCUT2D eigenvalue weighted by molar-refractivity contribution is -0.0920. The number of rotatable bonds is 2. The monoisotopic (exact) mass is 250 g/mol. The standard InChI is InChI=1S/C14H18O4/c1-10-12(3-5-17-10)13(15)11-2-6-18-14(8-11)4-7-16-9-14/h3,5,11H,2,4,6-9H2,1H3. The molecule has 3 rings (SSSR count). The summed E-state index contributed by atoms with van der Waals surface area (Å²) in [7, 11) is 0. The number of carbonyl (C=O) groups is 1. The highest BCUT2D eigenvalue weighted by molar-refractivity contribution is 5.98. The number of aryl methyl sites for hydroxylation is 1. The minimum Gasteiger partial charge on any atom is -0.469 e. The highest BCUT2D eigenvalue weighted by Crippen LogP contribution is 2.37. The maximum atomic E-state index is 12.5. The lowest BCUT2D eigenvalue weighted by Gasteiger charge is -2.36. The second kappa shape index (κ2) is 4.52. The molecular weight excluding hydrogens is 232 g/mol. The lowest BCUT2D eigenvalue weighted by atomic mass is 9.81. The minimum atomic E-state index is -0.212. The molecule has 1 aromatic heterocycles. The van der Waals surface area contributed by atoms with Crippen molar-refractivity contribution in [1.82, 2.24) is 0 Å². The number of carbonyl (C=O) groups excluding carboxylic acids is 1. The molecule has 1 aromatic rings. The van der Waals surface area contributed by atoms with E-state index in [1.54, 1.807) is 12.3 Å². The smallest absolute Gasteiger partial charge is 0.169 e. The highest BCUT2D eigenvalue weighted by Gasteiger charge is 2.43. The van der Waals surface area contributed by atoms with Crippen LogP contribution in [0.4, 0.5) is 0 Å². The number of ketones is 1. The van der Waals surface area contributed by atoms with E-state index in [2.05, 4.69) is 0 Å². The average Bonchev–Trinajstić information content (AvgIpc) is 2.98. The second-order valence-electron chi connectivity index (χ2n) is 5.28. The van der Waals surface area contributed by atoms with Gasteiger partial charge in [0.25, 0.3) is 0 Å². The normalized spacial score (nSPS) is 31.9. The first-order valence-corrected chi connectivity index (χ1v) is 6.50. The summed E-state index contributed by atoms with van der Waals surface area (Å²) in [6.45, 7) is 3.85. The van der Waals surface area contributed by atoms with Crippen molar-refractivity contribution in [2.45, 2.75) is 31.8 Å². The van der Waals surface area contributed by atoms with Gasteiger partial charge < -0.3 is 13.9 Å². The van der Waals surface area contributed by atoms with Gasteiger partial charge in [-0.15, -0.1) is 0 Å². The zero-order valence-electron chi connectivity index (χ0n) is 10.6. The van der Waals surface area contributed by atoms with E-state index in [0.717, 1.165) is 31.4 Å². The van der Waals surface area contributed by atoms with Crippen LogP contribution in [0.3, 0.4) is 0 Å². The van der Waals surface area contributed by atoms with Gasteiger partial charge in [-0.25, -0.2) is 0 Å². The molecular formula is C14H18O4. The molecule has 0 N–H and O–H groups in total. The van der Waals surface area contributed by atoms with Crippen molar-refractivity contribution in [2.24, 2.45) is 5.92 Å². The van der Waals surface area contributed by atoms with Crippen LogP contribution < -0.4 is 0 Å². The van der Waals surface area contributed by atoms with Gasteiger partial charge in [-0.2, -0.15) is 0 Å². The van der Waals surface area contributed by atoms with Gasteiger partial charge >= 0.3 is 0 Å². The Bertz CT molecular complexity index is 442. The topological polar surface area (TPSA) is 48.7 Å². The Hall–Kier alpha value is -1.13. The van der Waals surface area contributed by atoms with E-state index >= 15 is 0 Å². The molecule has 4 heteroatoms. The SMILES string of the molecule is Cc1occc1C(=O)C1CCOC2(CCOC2)C1. The molecule has 2 atom stereocenters. The first kappa shape index (κ1) is 11.9. The molecule has 0 aromatic carbocycles. The van der Waals surface area contributed by atoms with E-state index in [0.29, 0.717) is 19.0 Å². The highest BCUT2D eigenvalue weighted by atomic mass is 16.6. The van der Waals surface area contributed by atoms with Gasteiger partial charge in [0.05, 0.1) is 24.0 Å².